The fourth-order valence-electron chi connectivity index (χ4n) is 3.05. The third-order valence-electron chi connectivity index (χ3n) is 4.60. The molecule has 2 aliphatic rings. The van der Waals surface area contributed by atoms with E-state index in [-0.39, 0.29) is 24.0 Å². The fraction of sp³-hybridized carbons (Fsp3) is 0.611. The first-order valence-electron chi connectivity index (χ1n) is 8.56. The number of morpholine rings is 1. The summed E-state index contributed by atoms with van der Waals surface area (Å²) in [5.74, 6) is 0.653. The molecule has 3 rings (SSSR count). The second-order valence-electron chi connectivity index (χ2n) is 6.75. The minimum atomic E-state index is 0. The average molecular weight is 444 g/mol. The Morgan fingerprint density at radius 3 is 2.83 bits per heavy atom. The molecule has 1 aliphatic carbocycles. The smallest absolute Gasteiger partial charge is 0.191 e. The van der Waals surface area contributed by atoms with Crippen LogP contribution < -0.4 is 5.73 Å². The van der Waals surface area contributed by atoms with Crippen molar-refractivity contribution in [3.8, 4) is 0 Å². The van der Waals surface area contributed by atoms with Crippen LogP contribution in [0.3, 0.4) is 0 Å². The van der Waals surface area contributed by atoms with Gasteiger partial charge in [0.05, 0.1) is 19.3 Å². The zero-order chi connectivity index (χ0) is 16.2. The molecule has 0 bridgehead atoms. The Balaban J connectivity index is 0.00000208. The first-order chi connectivity index (χ1) is 11.1. The Morgan fingerprint density at radius 2 is 2.12 bits per heavy atom. The monoisotopic (exact) mass is 444 g/mol. The van der Waals surface area contributed by atoms with E-state index < -0.39 is 0 Å². The highest BCUT2D eigenvalue weighted by Crippen LogP contribution is 2.25. The van der Waals surface area contributed by atoms with Gasteiger partial charge in [-0.15, -0.1) is 24.0 Å². The molecule has 0 radical (unpaired) electrons. The number of rotatable bonds is 5. The number of aliphatic imine (C=N–C) groups is 1. The van der Waals surface area contributed by atoms with Crippen LogP contribution in [0.4, 0.5) is 0 Å². The summed E-state index contributed by atoms with van der Waals surface area (Å²) in [6.45, 7) is 6.60. The molecule has 1 saturated carbocycles. The van der Waals surface area contributed by atoms with E-state index in [0.29, 0.717) is 24.7 Å². The maximum atomic E-state index is 6.06. The van der Waals surface area contributed by atoms with Gasteiger partial charge < -0.3 is 15.4 Å². The van der Waals surface area contributed by atoms with Gasteiger partial charge in [0.25, 0.3) is 0 Å². The molecule has 2 N–H and O–H groups in total. The molecule has 2 fully saturated rings. The van der Waals surface area contributed by atoms with Crippen LogP contribution in [0.5, 0.6) is 0 Å². The van der Waals surface area contributed by atoms with Crippen LogP contribution in [0.2, 0.25) is 0 Å². The van der Waals surface area contributed by atoms with Crippen LogP contribution in [0.25, 0.3) is 0 Å². The number of ether oxygens (including phenoxy) is 1. The maximum Gasteiger partial charge on any atom is 0.191 e. The van der Waals surface area contributed by atoms with E-state index >= 15 is 0 Å². The molecule has 1 aromatic carbocycles. The normalized spacial score (nSPS) is 22.1. The van der Waals surface area contributed by atoms with Crippen molar-refractivity contribution in [3.63, 3.8) is 0 Å². The fourth-order valence-corrected chi connectivity index (χ4v) is 3.05. The molecule has 0 aromatic heterocycles. The molecule has 5 nitrogen and oxygen atoms in total. The third kappa shape index (κ3) is 5.60. The minimum Gasteiger partial charge on any atom is -0.376 e. The minimum absolute atomic E-state index is 0. The van der Waals surface area contributed by atoms with E-state index in [1.807, 2.05) is 7.05 Å². The number of hydrogen-bond donors (Lipinski definition) is 1. The van der Waals surface area contributed by atoms with Gasteiger partial charge in [0, 0.05) is 32.7 Å². The predicted octanol–water partition coefficient (Wildman–Crippen LogP) is 2.43. The molecular formula is C18H29IN4O. The quantitative estimate of drug-likeness (QED) is 0.431. The molecule has 0 amide bonds. The van der Waals surface area contributed by atoms with Crippen LogP contribution in [-0.2, 0) is 17.8 Å². The Labute approximate surface area is 162 Å². The zero-order valence-corrected chi connectivity index (χ0v) is 17.0. The Morgan fingerprint density at radius 1 is 1.38 bits per heavy atom. The van der Waals surface area contributed by atoms with Crippen molar-refractivity contribution in [2.24, 2.45) is 10.7 Å². The van der Waals surface area contributed by atoms with Gasteiger partial charge in [0.15, 0.2) is 5.96 Å². The van der Waals surface area contributed by atoms with Gasteiger partial charge in [0.1, 0.15) is 0 Å². The summed E-state index contributed by atoms with van der Waals surface area (Å²) in [7, 11) is 2.03. The van der Waals surface area contributed by atoms with Crippen LogP contribution >= 0.6 is 24.0 Å². The molecule has 1 heterocycles. The average Bonchev–Trinajstić information content (AvgIpc) is 3.37. The van der Waals surface area contributed by atoms with Crippen molar-refractivity contribution in [2.45, 2.75) is 45.0 Å². The SMILES string of the molecule is CC1CN(Cc2cccc(CN=C(N)N(C)C3CC3)c2)CCO1.I. The van der Waals surface area contributed by atoms with Crippen LogP contribution in [0.1, 0.15) is 30.9 Å². The highest BCUT2D eigenvalue weighted by Gasteiger charge is 2.27. The van der Waals surface area contributed by atoms with Gasteiger partial charge in [0.2, 0.25) is 0 Å². The molecule has 1 aliphatic heterocycles. The standard InChI is InChI=1S/C18H28N4O.HI/c1-14-12-22(8-9-23-14)13-16-5-3-4-15(10-16)11-20-18(19)21(2)17-6-7-17;/h3-5,10,14,17H,6-9,11-13H2,1-2H3,(H2,19,20);1H. The molecule has 134 valence electrons. The molecule has 1 atom stereocenters. The lowest BCUT2D eigenvalue weighted by atomic mass is 10.1. The van der Waals surface area contributed by atoms with Crippen molar-refractivity contribution in [2.75, 3.05) is 26.7 Å². The lowest BCUT2D eigenvalue weighted by Crippen LogP contribution is -2.40. The zero-order valence-electron chi connectivity index (χ0n) is 14.6. The molecular weight excluding hydrogens is 415 g/mol. The van der Waals surface area contributed by atoms with Crippen molar-refractivity contribution in [1.29, 1.82) is 0 Å². The predicted molar refractivity (Wildman–Crippen MR) is 109 cm³/mol. The topological polar surface area (TPSA) is 54.1 Å². The van der Waals surface area contributed by atoms with Crippen LogP contribution in [-0.4, -0.2) is 54.6 Å². The van der Waals surface area contributed by atoms with Gasteiger partial charge in [-0.2, -0.15) is 0 Å². The Hall–Kier alpha value is -0.860. The molecule has 1 unspecified atom stereocenters. The van der Waals surface area contributed by atoms with Gasteiger partial charge in [-0.05, 0) is 30.9 Å². The molecule has 1 aromatic rings. The highest BCUT2D eigenvalue weighted by atomic mass is 127. The molecule has 24 heavy (non-hydrogen) atoms. The maximum absolute atomic E-state index is 6.06. The van der Waals surface area contributed by atoms with Gasteiger partial charge in [-0.1, -0.05) is 24.3 Å². The Bertz CT molecular complexity index is 562. The van der Waals surface area contributed by atoms with Crippen LogP contribution in [0, 0.1) is 0 Å². The summed E-state index contributed by atoms with van der Waals surface area (Å²) in [4.78, 5) is 9.09. The number of benzene rings is 1. The summed E-state index contributed by atoms with van der Waals surface area (Å²) >= 11 is 0. The molecule has 6 heteroatoms. The van der Waals surface area contributed by atoms with Gasteiger partial charge in [-0.3, -0.25) is 4.90 Å². The van der Waals surface area contributed by atoms with Crippen molar-refractivity contribution in [3.05, 3.63) is 35.4 Å². The van der Waals surface area contributed by atoms with Gasteiger partial charge in [-0.25, -0.2) is 4.99 Å². The Kier molecular flexibility index (Phi) is 7.31. The van der Waals surface area contributed by atoms with E-state index in [1.165, 1.54) is 24.0 Å². The second kappa shape index (κ2) is 9.01. The largest absolute Gasteiger partial charge is 0.376 e. The molecule has 1 saturated heterocycles. The van der Waals surface area contributed by atoms with E-state index in [4.69, 9.17) is 10.5 Å². The summed E-state index contributed by atoms with van der Waals surface area (Å²) in [6, 6.07) is 9.28. The number of hydrogen-bond acceptors (Lipinski definition) is 3. The molecule has 0 spiro atoms. The lowest BCUT2D eigenvalue weighted by Gasteiger charge is -2.31. The van der Waals surface area contributed by atoms with E-state index in [9.17, 15) is 0 Å². The van der Waals surface area contributed by atoms with E-state index in [1.54, 1.807) is 0 Å². The first kappa shape index (κ1) is 19.5. The van der Waals surface area contributed by atoms with Crippen molar-refractivity contribution < 1.29 is 4.74 Å². The summed E-state index contributed by atoms with van der Waals surface area (Å²) in [5.41, 5.74) is 8.62. The number of nitrogens with zero attached hydrogens (tertiary/aromatic N) is 3. The van der Waals surface area contributed by atoms with Crippen LogP contribution in [0.15, 0.2) is 29.3 Å². The lowest BCUT2D eigenvalue weighted by molar-refractivity contribution is -0.0212. The van der Waals surface area contributed by atoms with E-state index in [0.717, 1.165) is 26.2 Å². The summed E-state index contributed by atoms with van der Waals surface area (Å²) in [6.07, 6.45) is 2.80. The van der Waals surface area contributed by atoms with Crippen molar-refractivity contribution >= 4 is 29.9 Å². The highest BCUT2D eigenvalue weighted by molar-refractivity contribution is 14.0. The number of nitrogens with two attached hydrogens (primary N) is 1. The number of guanidine groups is 1. The number of halogens is 1. The van der Waals surface area contributed by atoms with Gasteiger partial charge >= 0.3 is 0 Å². The van der Waals surface area contributed by atoms with E-state index in [2.05, 4.69) is 46.0 Å². The summed E-state index contributed by atoms with van der Waals surface area (Å²) in [5, 5.41) is 0. The second-order valence-corrected chi connectivity index (χ2v) is 6.75. The first-order valence-corrected chi connectivity index (χ1v) is 8.56. The summed E-state index contributed by atoms with van der Waals surface area (Å²) < 4.78 is 5.60. The third-order valence-corrected chi connectivity index (χ3v) is 4.60. The van der Waals surface area contributed by atoms with Crippen molar-refractivity contribution in [1.82, 2.24) is 9.80 Å².